The lowest BCUT2D eigenvalue weighted by Crippen LogP contribution is -1.97. The number of nitrogen functional groups attached to an aromatic ring is 3. The third kappa shape index (κ3) is 1.45. The van der Waals surface area contributed by atoms with Crippen molar-refractivity contribution in [1.29, 1.82) is 5.26 Å². The summed E-state index contributed by atoms with van der Waals surface area (Å²) in [6, 6.07) is 13.3. The third-order valence-corrected chi connectivity index (χ3v) is 3.40. The Labute approximate surface area is 110 Å². The predicted molar refractivity (Wildman–Crippen MR) is 77.6 cm³/mol. The van der Waals surface area contributed by atoms with Gasteiger partial charge >= 0.3 is 0 Å². The minimum atomic E-state index is 0.389. The van der Waals surface area contributed by atoms with Crippen LogP contribution in [0.2, 0.25) is 0 Å². The van der Waals surface area contributed by atoms with E-state index in [1.807, 2.05) is 30.3 Å². The molecule has 0 aromatic carbocycles. The minimum absolute atomic E-state index is 0.389. The van der Waals surface area contributed by atoms with Crippen LogP contribution in [-0.2, 0) is 0 Å². The highest BCUT2D eigenvalue weighted by Crippen LogP contribution is 2.44. The standard InChI is InChI=1S/C15H12N4/c16-7-9-6-11-12(17)5-4-8-2-1-3-10(8)15(19)13(11)14(9)18/h1-6H,17-19H2. The van der Waals surface area contributed by atoms with Gasteiger partial charge in [-0.15, -0.1) is 0 Å². The fourth-order valence-electron chi connectivity index (χ4n) is 2.41. The van der Waals surface area contributed by atoms with Crippen molar-refractivity contribution in [3.63, 3.8) is 0 Å². The Balaban J connectivity index is 2.53. The molecule has 0 atom stereocenters. The van der Waals surface area contributed by atoms with Gasteiger partial charge in [-0.1, -0.05) is 24.3 Å². The van der Waals surface area contributed by atoms with Gasteiger partial charge in [0.05, 0.1) is 11.3 Å². The molecule has 0 aromatic rings. The van der Waals surface area contributed by atoms with Crippen molar-refractivity contribution < 1.29 is 0 Å². The fraction of sp³-hybridized carbons (Fsp3) is 0. The first-order valence-electron chi connectivity index (χ1n) is 5.82. The normalized spacial score (nSPS) is 10.7. The molecule has 3 rings (SSSR count). The molecule has 6 N–H and O–H groups in total. The van der Waals surface area contributed by atoms with Crippen molar-refractivity contribution in [3.05, 3.63) is 42.0 Å². The van der Waals surface area contributed by atoms with E-state index in [0.29, 0.717) is 28.2 Å². The molecule has 0 heterocycles. The van der Waals surface area contributed by atoms with Crippen LogP contribution in [0, 0.1) is 11.3 Å². The second-order valence-corrected chi connectivity index (χ2v) is 4.47. The first-order chi connectivity index (χ1) is 9.13. The molecule has 92 valence electrons. The van der Waals surface area contributed by atoms with E-state index in [9.17, 15) is 0 Å². The molecule has 0 aromatic heterocycles. The zero-order valence-corrected chi connectivity index (χ0v) is 10.1. The molecule has 0 saturated carbocycles. The summed E-state index contributed by atoms with van der Waals surface area (Å²) in [6.45, 7) is 0. The summed E-state index contributed by atoms with van der Waals surface area (Å²) in [7, 11) is 0. The van der Waals surface area contributed by atoms with E-state index in [2.05, 4.69) is 6.07 Å². The van der Waals surface area contributed by atoms with Crippen LogP contribution in [0.5, 0.6) is 0 Å². The summed E-state index contributed by atoms with van der Waals surface area (Å²) in [5, 5.41) is 9.09. The molecular formula is C15H12N4. The third-order valence-electron chi connectivity index (χ3n) is 3.40. The van der Waals surface area contributed by atoms with Crippen molar-refractivity contribution in [2.45, 2.75) is 0 Å². The van der Waals surface area contributed by atoms with E-state index in [0.717, 1.165) is 16.7 Å². The number of anilines is 3. The van der Waals surface area contributed by atoms with Gasteiger partial charge in [0.25, 0.3) is 0 Å². The van der Waals surface area contributed by atoms with E-state index in [1.54, 1.807) is 6.07 Å². The predicted octanol–water partition coefficient (Wildman–Crippen LogP) is 2.51. The van der Waals surface area contributed by atoms with Crippen LogP contribution >= 0.6 is 0 Å². The first-order valence-corrected chi connectivity index (χ1v) is 5.82. The fourth-order valence-corrected chi connectivity index (χ4v) is 2.41. The summed E-state index contributed by atoms with van der Waals surface area (Å²) in [4.78, 5) is 0. The highest BCUT2D eigenvalue weighted by molar-refractivity contribution is 6.02. The Hall–Kier alpha value is -2.93. The second kappa shape index (κ2) is 3.79. The largest absolute Gasteiger partial charge is 0.398 e. The number of hydrogen-bond acceptors (Lipinski definition) is 4. The number of nitrogens with two attached hydrogens (primary N) is 3. The molecule has 0 unspecified atom stereocenters. The SMILES string of the molecule is N#Cc1cc2c(N)ccc3cccc-3c(N)c-2c1N. The van der Waals surface area contributed by atoms with Gasteiger partial charge < -0.3 is 17.2 Å². The van der Waals surface area contributed by atoms with Gasteiger partial charge in [0, 0.05) is 28.1 Å². The Morgan fingerprint density at radius 2 is 1.68 bits per heavy atom. The quantitative estimate of drug-likeness (QED) is 0.568. The van der Waals surface area contributed by atoms with E-state index < -0.39 is 0 Å². The van der Waals surface area contributed by atoms with Crippen molar-refractivity contribution in [1.82, 2.24) is 0 Å². The number of fused-ring (bicyclic) bond motifs is 2. The van der Waals surface area contributed by atoms with Gasteiger partial charge in [0.1, 0.15) is 6.07 Å². The molecule has 3 aliphatic carbocycles. The molecule has 3 aliphatic rings. The number of nitrogens with zero attached hydrogens (tertiary/aromatic N) is 1. The maximum absolute atomic E-state index is 9.09. The highest BCUT2D eigenvalue weighted by atomic mass is 14.7. The molecule has 4 heteroatoms. The van der Waals surface area contributed by atoms with Crippen LogP contribution in [0.15, 0.2) is 36.4 Å². The van der Waals surface area contributed by atoms with E-state index in [4.69, 9.17) is 22.5 Å². The van der Waals surface area contributed by atoms with Crippen LogP contribution in [-0.4, -0.2) is 0 Å². The van der Waals surface area contributed by atoms with Crippen LogP contribution in [0.3, 0.4) is 0 Å². The Morgan fingerprint density at radius 3 is 2.42 bits per heavy atom. The van der Waals surface area contributed by atoms with E-state index in [1.165, 1.54) is 0 Å². The molecule has 0 spiro atoms. The summed E-state index contributed by atoms with van der Waals surface area (Å²) >= 11 is 0. The summed E-state index contributed by atoms with van der Waals surface area (Å²) in [6.07, 6.45) is 0. The van der Waals surface area contributed by atoms with Crippen molar-refractivity contribution >= 4 is 17.1 Å². The average Bonchev–Trinajstić information content (AvgIpc) is 2.98. The van der Waals surface area contributed by atoms with Crippen molar-refractivity contribution in [3.8, 4) is 28.3 Å². The molecule has 0 radical (unpaired) electrons. The first kappa shape index (κ1) is 11.2. The topological polar surface area (TPSA) is 102 Å². The monoisotopic (exact) mass is 248 g/mol. The van der Waals surface area contributed by atoms with Gasteiger partial charge in [-0.3, -0.25) is 0 Å². The highest BCUT2D eigenvalue weighted by Gasteiger charge is 2.20. The molecular weight excluding hydrogens is 236 g/mol. The second-order valence-electron chi connectivity index (χ2n) is 4.47. The molecule has 0 aliphatic heterocycles. The van der Waals surface area contributed by atoms with E-state index >= 15 is 0 Å². The Morgan fingerprint density at radius 1 is 0.895 bits per heavy atom. The zero-order chi connectivity index (χ0) is 13.6. The average molecular weight is 248 g/mol. The molecule has 0 fully saturated rings. The Kier molecular flexibility index (Phi) is 2.23. The lowest BCUT2D eigenvalue weighted by molar-refractivity contribution is 1.51. The van der Waals surface area contributed by atoms with Crippen LogP contribution in [0.25, 0.3) is 22.3 Å². The summed E-state index contributed by atoms with van der Waals surface area (Å²) < 4.78 is 0. The maximum atomic E-state index is 9.09. The smallest absolute Gasteiger partial charge is 0.101 e. The lowest BCUT2D eigenvalue weighted by Gasteiger charge is -2.09. The molecule has 0 saturated heterocycles. The van der Waals surface area contributed by atoms with Gasteiger partial charge in [-0.25, -0.2) is 0 Å². The number of nitriles is 1. The number of rotatable bonds is 0. The Bertz CT molecular complexity index is 770. The maximum Gasteiger partial charge on any atom is 0.101 e. The van der Waals surface area contributed by atoms with Gasteiger partial charge in [-0.2, -0.15) is 5.26 Å². The zero-order valence-electron chi connectivity index (χ0n) is 10.1. The van der Waals surface area contributed by atoms with Gasteiger partial charge in [0.15, 0.2) is 0 Å². The van der Waals surface area contributed by atoms with Crippen molar-refractivity contribution in [2.75, 3.05) is 17.2 Å². The van der Waals surface area contributed by atoms with Gasteiger partial charge in [0.2, 0.25) is 0 Å². The van der Waals surface area contributed by atoms with Crippen LogP contribution in [0.4, 0.5) is 17.1 Å². The number of hydrogen-bond donors (Lipinski definition) is 3. The van der Waals surface area contributed by atoms with Crippen LogP contribution < -0.4 is 17.2 Å². The summed E-state index contributed by atoms with van der Waals surface area (Å²) in [5.41, 5.74) is 23.5. The van der Waals surface area contributed by atoms with Crippen molar-refractivity contribution in [2.24, 2.45) is 0 Å². The molecule has 0 bridgehead atoms. The minimum Gasteiger partial charge on any atom is -0.398 e. The van der Waals surface area contributed by atoms with Crippen LogP contribution in [0.1, 0.15) is 5.56 Å². The lowest BCUT2D eigenvalue weighted by atomic mass is 10.0. The molecule has 0 amide bonds. The molecule has 4 nitrogen and oxygen atoms in total. The molecule has 19 heavy (non-hydrogen) atoms. The summed E-state index contributed by atoms with van der Waals surface area (Å²) in [5.74, 6) is 0. The van der Waals surface area contributed by atoms with Gasteiger partial charge in [-0.05, 0) is 17.7 Å². The van der Waals surface area contributed by atoms with E-state index in [-0.39, 0.29) is 0 Å².